The van der Waals surface area contributed by atoms with Crippen molar-refractivity contribution in [3.63, 3.8) is 0 Å². The maximum absolute atomic E-state index is 12.7. The van der Waals surface area contributed by atoms with E-state index in [0.717, 1.165) is 33.6 Å². The number of amides is 1. The molecule has 0 spiro atoms. The number of likely N-dealkylation sites (tertiary alicyclic amines) is 1. The molecule has 104 valence electrons. The molecule has 1 atom stereocenters. The molecule has 1 aliphatic heterocycles. The van der Waals surface area contributed by atoms with Gasteiger partial charge in [0.1, 0.15) is 0 Å². The Morgan fingerprint density at radius 1 is 1.35 bits per heavy atom. The van der Waals surface area contributed by atoms with Gasteiger partial charge >= 0.3 is 0 Å². The summed E-state index contributed by atoms with van der Waals surface area (Å²) in [6.07, 6.45) is 2.14. The number of carbonyl (C=O) groups excluding carboxylic acids is 1. The van der Waals surface area contributed by atoms with Crippen LogP contribution in [0.25, 0.3) is 0 Å². The van der Waals surface area contributed by atoms with E-state index >= 15 is 0 Å². The van der Waals surface area contributed by atoms with Crippen molar-refractivity contribution in [3.05, 3.63) is 56.2 Å². The Hall–Kier alpha value is -1.13. The van der Waals surface area contributed by atoms with Crippen molar-refractivity contribution in [1.29, 1.82) is 0 Å². The van der Waals surface area contributed by atoms with Crippen molar-refractivity contribution in [3.8, 4) is 0 Å². The number of benzene rings is 1. The second-order valence-corrected chi connectivity index (χ2v) is 7.50. The number of hydrogen-bond donors (Lipinski definition) is 0. The highest BCUT2D eigenvalue weighted by molar-refractivity contribution is 9.11. The van der Waals surface area contributed by atoms with Crippen LogP contribution in [-0.2, 0) is 0 Å². The van der Waals surface area contributed by atoms with Crippen molar-refractivity contribution < 1.29 is 4.79 Å². The van der Waals surface area contributed by atoms with Crippen LogP contribution in [0.3, 0.4) is 0 Å². The molecular formula is C16H16BrNOS. The van der Waals surface area contributed by atoms with Crippen LogP contribution in [0.5, 0.6) is 0 Å². The third-order valence-corrected chi connectivity index (χ3v) is 5.89. The Kier molecular flexibility index (Phi) is 3.94. The predicted molar refractivity (Wildman–Crippen MR) is 86.2 cm³/mol. The minimum atomic E-state index is 0.162. The van der Waals surface area contributed by atoms with Gasteiger partial charge in [0.2, 0.25) is 0 Å². The molecule has 2 aromatic rings. The lowest BCUT2D eigenvalue weighted by Gasteiger charge is -2.24. The van der Waals surface area contributed by atoms with Gasteiger partial charge in [-0.3, -0.25) is 4.79 Å². The standard InChI is InChI=1S/C16H16BrNOS/c1-11-10-14(20-15(11)17)16(19)18-9-5-8-13(18)12-6-3-2-4-7-12/h2-4,6-7,10,13H,5,8-9H2,1H3. The van der Waals surface area contributed by atoms with Gasteiger partial charge in [0, 0.05) is 6.54 Å². The molecule has 20 heavy (non-hydrogen) atoms. The van der Waals surface area contributed by atoms with Crippen molar-refractivity contribution >= 4 is 33.2 Å². The highest BCUT2D eigenvalue weighted by Gasteiger charge is 2.31. The van der Waals surface area contributed by atoms with Gasteiger partial charge in [0.25, 0.3) is 5.91 Å². The van der Waals surface area contributed by atoms with Crippen LogP contribution in [0, 0.1) is 6.92 Å². The number of rotatable bonds is 2. The first kappa shape index (κ1) is 13.8. The minimum absolute atomic E-state index is 0.162. The van der Waals surface area contributed by atoms with Gasteiger partial charge in [-0.05, 0) is 52.9 Å². The number of aryl methyl sites for hydroxylation is 1. The molecule has 1 amide bonds. The van der Waals surface area contributed by atoms with E-state index in [1.165, 1.54) is 16.9 Å². The lowest BCUT2D eigenvalue weighted by molar-refractivity contribution is 0.0740. The monoisotopic (exact) mass is 349 g/mol. The summed E-state index contributed by atoms with van der Waals surface area (Å²) >= 11 is 5.03. The average Bonchev–Trinajstić information content (AvgIpc) is 3.07. The first-order valence-corrected chi connectivity index (χ1v) is 8.39. The fraction of sp³-hybridized carbons (Fsp3) is 0.312. The number of nitrogens with zero attached hydrogens (tertiary/aromatic N) is 1. The van der Waals surface area contributed by atoms with Gasteiger partial charge in [-0.1, -0.05) is 30.3 Å². The van der Waals surface area contributed by atoms with Crippen molar-refractivity contribution in [2.24, 2.45) is 0 Å². The molecule has 1 aliphatic rings. The van der Waals surface area contributed by atoms with E-state index in [4.69, 9.17) is 0 Å². The fourth-order valence-corrected chi connectivity index (χ4v) is 4.23. The summed E-state index contributed by atoms with van der Waals surface area (Å²) in [6, 6.07) is 12.6. The molecule has 2 heterocycles. The Bertz CT molecular complexity index is 603. The normalized spacial score (nSPS) is 18.5. The van der Waals surface area contributed by atoms with Crippen LogP contribution >= 0.6 is 27.3 Å². The van der Waals surface area contributed by atoms with Crippen LogP contribution in [-0.4, -0.2) is 17.4 Å². The van der Waals surface area contributed by atoms with E-state index in [2.05, 4.69) is 28.1 Å². The molecule has 0 aliphatic carbocycles. The summed E-state index contributed by atoms with van der Waals surface area (Å²) in [5.74, 6) is 0.162. The van der Waals surface area contributed by atoms with Gasteiger partial charge in [0.05, 0.1) is 14.7 Å². The fourth-order valence-electron chi connectivity index (χ4n) is 2.74. The lowest BCUT2D eigenvalue weighted by Crippen LogP contribution is -2.29. The molecule has 1 unspecified atom stereocenters. The third-order valence-electron chi connectivity index (χ3n) is 3.77. The second-order valence-electron chi connectivity index (χ2n) is 5.13. The summed E-state index contributed by atoms with van der Waals surface area (Å²) in [6.45, 7) is 2.88. The molecule has 0 N–H and O–H groups in total. The Morgan fingerprint density at radius 3 is 2.75 bits per heavy atom. The Morgan fingerprint density at radius 2 is 2.10 bits per heavy atom. The minimum Gasteiger partial charge on any atom is -0.331 e. The van der Waals surface area contributed by atoms with Crippen molar-refractivity contribution in [1.82, 2.24) is 4.90 Å². The SMILES string of the molecule is Cc1cc(C(=O)N2CCCC2c2ccccc2)sc1Br. The third kappa shape index (κ3) is 2.54. The largest absolute Gasteiger partial charge is 0.331 e. The van der Waals surface area contributed by atoms with Gasteiger partial charge in [-0.2, -0.15) is 0 Å². The summed E-state index contributed by atoms with van der Waals surface area (Å²) in [5, 5.41) is 0. The number of halogens is 1. The second kappa shape index (κ2) is 5.70. The Labute approximate surface area is 131 Å². The number of hydrogen-bond acceptors (Lipinski definition) is 2. The molecule has 1 fully saturated rings. The quantitative estimate of drug-likeness (QED) is 0.762. The summed E-state index contributed by atoms with van der Waals surface area (Å²) in [7, 11) is 0. The molecule has 2 nitrogen and oxygen atoms in total. The van der Waals surface area contributed by atoms with Crippen LogP contribution in [0.2, 0.25) is 0 Å². The van der Waals surface area contributed by atoms with Gasteiger partial charge in [-0.15, -0.1) is 11.3 Å². The molecule has 0 radical (unpaired) electrons. The first-order chi connectivity index (χ1) is 9.66. The summed E-state index contributed by atoms with van der Waals surface area (Å²) in [5.41, 5.74) is 2.37. The molecule has 0 bridgehead atoms. The topological polar surface area (TPSA) is 20.3 Å². The highest BCUT2D eigenvalue weighted by atomic mass is 79.9. The van der Waals surface area contributed by atoms with E-state index < -0.39 is 0 Å². The van der Waals surface area contributed by atoms with E-state index in [-0.39, 0.29) is 11.9 Å². The molecule has 1 aromatic heterocycles. The molecule has 0 saturated carbocycles. The zero-order chi connectivity index (χ0) is 14.1. The number of carbonyl (C=O) groups is 1. The maximum Gasteiger partial charge on any atom is 0.264 e. The average molecular weight is 350 g/mol. The van der Waals surface area contributed by atoms with E-state index in [1.807, 2.05) is 36.1 Å². The molecule has 3 rings (SSSR count). The van der Waals surface area contributed by atoms with Crippen LogP contribution in [0.4, 0.5) is 0 Å². The Balaban J connectivity index is 1.87. The van der Waals surface area contributed by atoms with Crippen LogP contribution in [0.1, 0.15) is 39.7 Å². The zero-order valence-corrected chi connectivity index (χ0v) is 13.7. The molecule has 4 heteroatoms. The highest BCUT2D eigenvalue weighted by Crippen LogP contribution is 2.35. The van der Waals surface area contributed by atoms with E-state index in [1.54, 1.807) is 0 Å². The van der Waals surface area contributed by atoms with Gasteiger partial charge < -0.3 is 4.90 Å². The molecular weight excluding hydrogens is 334 g/mol. The lowest BCUT2D eigenvalue weighted by atomic mass is 10.0. The van der Waals surface area contributed by atoms with Crippen LogP contribution in [0.15, 0.2) is 40.2 Å². The summed E-state index contributed by atoms with van der Waals surface area (Å²) < 4.78 is 1.05. The van der Waals surface area contributed by atoms with E-state index in [9.17, 15) is 4.79 Å². The number of thiophene rings is 1. The molecule has 1 aromatic carbocycles. The predicted octanol–water partition coefficient (Wildman–Crippen LogP) is 4.80. The van der Waals surface area contributed by atoms with Crippen molar-refractivity contribution in [2.45, 2.75) is 25.8 Å². The first-order valence-electron chi connectivity index (χ1n) is 6.78. The molecule has 1 saturated heterocycles. The van der Waals surface area contributed by atoms with Crippen LogP contribution < -0.4 is 0 Å². The smallest absolute Gasteiger partial charge is 0.264 e. The van der Waals surface area contributed by atoms with E-state index in [0.29, 0.717) is 0 Å². The summed E-state index contributed by atoms with van der Waals surface area (Å²) in [4.78, 5) is 15.6. The van der Waals surface area contributed by atoms with Gasteiger partial charge in [-0.25, -0.2) is 0 Å². The van der Waals surface area contributed by atoms with Crippen molar-refractivity contribution in [2.75, 3.05) is 6.54 Å². The maximum atomic E-state index is 12.7. The van der Waals surface area contributed by atoms with Gasteiger partial charge in [0.15, 0.2) is 0 Å². The zero-order valence-electron chi connectivity index (χ0n) is 11.3.